The van der Waals surface area contributed by atoms with Crippen LogP contribution in [0, 0.1) is 11.7 Å². The molecule has 0 N–H and O–H groups in total. The predicted octanol–water partition coefficient (Wildman–Crippen LogP) is 5.34. The molecule has 4 heterocycles. The van der Waals surface area contributed by atoms with Crippen LogP contribution in [0.1, 0.15) is 25.5 Å². The number of hydrogen-bond acceptors (Lipinski definition) is 6. The van der Waals surface area contributed by atoms with E-state index in [0.29, 0.717) is 0 Å². The third-order valence-electron chi connectivity index (χ3n) is 6.23. The predicted molar refractivity (Wildman–Crippen MR) is 131 cm³/mol. The molecule has 1 aromatic carbocycles. The van der Waals surface area contributed by atoms with Crippen molar-refractivity contribution in [1.82, 2.24) is 14.4 Å². The molecule has 8 heteroatoms. The summed E-state index contributed by atoms with van der Waals surface area (Å²) in [6, 6.07) is 10.5. The first kappa shape index (κ1) is 21.6. The second-order valence-electron chi connectivity index (χ2n) is 8.42. The third-order valence-corrected chi connectivity index (χ3v) is 7.15. The van der Waals surface area contributed by atoms with Crippen LogP contribution < -0.4 is 9.80 Å². The van der Waals surface area contributed by atoms with Crippen molar-refractivity contribution < 1.29 is 9.18 Å². The van der Waals surface area contributed by atoms with E-state index in [9.17, 15) is 9.18 Å². The fraction of sp³-hybridized carbons (Fsp3) is 0.320. The number of halogens is 1. The molecule has 170 valence electrons. The Morgan fingerprint density at radius 1 is 1.21 bits per heavy atom. The van der Waals surface area contributed by atoms with Crippen LogP contribution in [0.5, 0.6) is 0 Å². The molecular formula is C25H26FN5OS. The molecule has 1 aliphatic heterocycles. The van der Waals surface area contributed by atoms with Gasteiger partial charge in [-0.25, -0.2) is 14.4 Å². The normalized spacial score (nSPS) is 16.3. The van der Waals surface area contributed by atoms with E-state index in [-0.39, 0.29) is 11.7 Å². The summed E-state index contributed by atoms with van der Waals surface area (Å²) < 4.78 is 15.4. The monoisotopic (exact) mass is 463 g/mol. The number of aldehydes is 1. The second-order valence-corrected chi connectivity index (χ2v) is 9.25. The molecular weight excluding hydrogens is 437 g/mol. The maximum Gasteiger partial charge on any atom is 0.191 e. The van der Waals surface area contributed by atoms with Gasteiger partial charge >= 0.3 is 0 Å². The number of aryl methyl sites for hydroxylation is 1. The smallest absolute Gasteiger partial charge is 0.191 e. The molecule has 0 saturated carbocycles. The van der Waals surface area contributed by atoms with E-state index < -0.39 is 0 Å². The lowest BCUT2D eigenvalue weighted by atomic mass is 9.99. The fourth-order valence-corrected chi connectivity index (χ4v) is 5.27. The number of thiazole rings is 1. The van der Waals surface area contributed by atoms with Gasteiger partial charge in [0.2, 0.25) is 0 Å². The van der Waals surface area contributed by atoms with Gasteiger partial charge in [0.25, 0.3) is 0 Å². The standard InChI is InChI=1S/C25H26FN5OS/c1-3-21-24(29(2)25-28-22(16-33-25)18-6-8-19(26)9-7-18)31-14-20(10-11-23(31)27-21)30-12-4-5-17(13-30)15-32/h6-11,14-17H,3-5,12-13H2,1-2H3. The van der Waals surface area contributed by atoms with Crippen LogP contribution >= 0.6 is 11.3 Å². The van der Waals surface area contributed by atoms with E-state index in [0.717, 1.165) is 77.9 Å². The van der Waals surface area contributed by atoms with E-state index in [1.54, 1.807) is 23.5 Å². The molecule has 1 unspecified atom stereocenters. The Kier molecular flexibility index (Phi) is 5.85. The van der Waals surface area contributed by atoms with Crippen molar-refractivity contribution in [1.29, 1.82) is 0 Å². The van der Waals surface area contributed by atoms with Gasteiger partial charge in [0.1, 0.15) is 23.6 Å². The summed E-state index contributed by atoms with van der Waals surface area (Å²) >= 11 is 1.55. The van der Waals surface area contributed by atoms with E-state index >= 15 is 0 Å². The Morgan fingerprint density at radius 2 is 2.03 bits per heavy atom. The number of nitrogens with zero attached hydrogens (tertiary/aromatic N) is 5. The van der Waals surface area contributed by atoms with Gasteiger partial charge in [0.05, 0.1) is 17.1 Å². The summed E-state index contributed by atoms with van der Waals surface area (Å²) in [6.45, 7) is 3.80. The minimum Gasteiger partial charge on any atom is -0.370 e. The SMILES string of the molecule is CCc1nc2ccc(N3CCCC(C=O)C3)cn2c1N(C)c1nc(-c2ccc(F)cc2)cs1. The summed E-state index contributed by atoms with van der Waals surface area (Å²) in [5, 5.41) is 2.84. The highest BCUT2D eigenvalue weighted by Crippen LogP contribution is 2.34. The molecule has 1 atom stereocenters. The molecule has 1 fully saturated rings. The van der Waals surface area contributed by atoms with Gasteiger partial charge in [-0.2, -0.15) is 0 Å². The Balaban J connectivity index is 1.51. The summed E-state index contributed by atoms with van der Waals surface area (Å²) in [5.41, 5.74) is 4.69. The van der Waals surface area contributed by atoms with Gasteiger partial charge < -0.3 is 14.6 Å². The number of hydrogen-bond donors (Lipinski definition) is 0. The number of piperidine rings is 1. The van der Waals surface area contributed by atoms with Crippen molar-refractivity contribution in [3.8, 4) is 11.3 Å². The molecule has 6 nitrogen and oxygen atoms in total. The molecule has 3 aromatic heterocycles. The fourth-order valence-electron chi connectivity index (χ4n) is 4.47. The van der Waals surface area contributed by atoms with Crippen LogP contribution in [0.25, 0.3) is 16.9 Å². The lowest BCUT2D eigenvalue weighted by molar-refractivity contribution is -0.111. The molecule has 33 heavy (non-hydrogen) atoms. The number of fused-ring (bicyclic) bond motifs is 1. The topological polar surface area (TPSA) is 53.7 Å². The molecule has 0 bridgehead atoms. The number of pyridine rings is 1. The molecule has 0 aliphatic carbocycles. The Bertz CT molecular complexity index is 1280. The number of imidazole rings is 1. The van der Waals surface area contributed by atoms with Crippen molar-refractivity contribution in [3.05, 3.63) is 59.5 Å². The summed E-state index contributed by atoms with van der Waals surface area (Å²) in [6.07, 6.45) is 5.97. The van der Waals surface area contributed by atoms with Crippen molar-refractivity contribution in [2.24, 2.45) is 5.92 Å². The van der Waals surface area contributed by atoms with E-state index in [1.165, 1.54) is 12.1 Å². The number of aromatic nitrogens is 3. The Morgan fingerprint density at radius 3 is 2.79 bits per heavy atom. The van der Waals surface area contributed by atoms with Gasteiger partial charge in [0.15, 0.2) is 5.13 Å². The Labute approximate surface area is 196 Å². The van der Waals surface area contributed by atoms with Gasteiger partial charge in [-0.15, -0.1) is 11.3 Å². The van der Waals surface area contributed by atoms with E-state index in [1.807, 2.05) is 18.5 Å². The lowest BCUT2D eigenvalue weighted by Crippen LogP contribution is -2.36. The second kappa shape index (κ2) is 8.94. The van der Waals surface area contributed by atoms with Crippen LogP contribution in [0.2, 0.25) is 0 Å². The first-order valence-electron chi connectivity index (χ1n) is 11.2. The molecule has 0 spiro atoms. The van der Waals surface area contributed by atoms with Crippen molar-refractivity contribution in [2.45, 2.75) is 26.2 Å². The van der Waals surface area contributed by atoms with Crippen LogP contribution in [0.15, 0.2) is 48.0 Å². The Hall–Kier alpha value is -3.26. The molecule has 4 aromatic rings. The number of benzene rings is 1. The van der Waals surface area contributed by atoms with Gasteiger partial charge in [-0.05, 0) is 55.7 Å². The van der Waals surface area contributed by atoms with Gasteiger partial charge in [-0.1, -0.05) is 6.92 Å². The van der Waals surface area contributed by atoms with Gasteiger partial charge in [-0.3, -0.25) is 4.40 Å². The average Bonchev–Trinajstić information content (AvgIpc) is 3.49. The van der Waals surface area contributed by atoms with Crippen LogP contribution in [0.3, 0.4) is 0 Å². The quantitative estimate of drug-likeness (QED) is 0.361. The molecule has 0 amide bonds. The zero-order valence-corrected chi connectivity index (χ0v) is 19.6. The zero-order valence-electron chi connectivity index (χ0n) is 18.7. The van der Waals surface area contributed by atoms with Crippen LogP contribution in [0.4, 0.5) is 21.0 Å². The maximum absolute atomic E-state index is 13.3. The summed E-state index contributed by atoms with van der Waals surface area (Å²) in [5.74, 6) is 0.817. The van der Waals surface area contributed by atoms with E-state index in [4.69, 9.17) is 9.97 Å². The van der Waals surface area contributed by atoms with Crippen molar-refractivity contribution >= 4 is 39.9 Å². The lowest BCUT2D eigenvalue weighted by Gasteiger charge is -2.32. The largest absolute Gasteiger partial charge is 0.370 e. The number of carbonyl (C=O) groups is 1. The van der Waals surface area contributed by atoms with Crippen LogP contribution in [-0.2, 0) is 11.2 Å². The molecule has 5 rings (SSSR count). The molecule has 0 radical (unpaired) electrons. The molecule has 1 saturated heterocycles. The number of rotatable bonds is 6. The highest BCUT2D eigenvalue weighted by Gasteiger charge is 2.22. The minimum absolute atomic E-state index is 0.0887. The molecule has 1 aliphatic rings. The zero-order chi connectivity index (χ0) is 22.9. The third kappa shape index (κ3) is 4.11. The number of carbonyl (C=O) groups excluding carboxylic acids is 1. The van der Waals surface area contributed by atoms with E-state index in [2.05, 4.69) is 33.4 Å². The highest BCUT2D eigenvalue weighted by atomic mass is 32.1. The minimum atomic E-state index is -0.256. The first-order valence-corrected chi connectivity index (χ1v) is 12.1. The summed E-state index contributed by atoms with van der Waals surface area (Å²) in [4.78, 5) is 25.4. The van der Waals surface area contributed by atoms with Gasteiger partial charge in [0, 0.05) is 43.2 Å². The summed E-state index contributed by atoms with van der Waals surface area (Å²) in [7, 11) is 2.01. The highest BCUT2D eigenvalue weighted by molar-refractivity contribution is 7.14. The van der Waals surface area contributed by atoms with Crippen molar-refractivity contribution in [3.63, 3.8) is 0 Å². The van der Waals surface area contributed by atoms with Crippen LogP contribution in [-0.4, -0.2) is 40.8 Å². The number of anilines is 3. The first-order chi connectivity index (χ1) is 16.1. The average molecular weight is 464 g/mol. The maximum atomic E-state index is 13.3. The van der Waals surface area contributed by atoms with Crippen molar-refractivity contribution in [2.75, 3.05) is 29.9 Å².